The number of hydrogen-bond acceptors (Lipinski definition) is 8. The number of amides is 1. The van der Waals surface area contributed by atoms with Crippen molar-refractivity contribution >= 4 is 40.0 Å². The highest BCUT2D eigenvalue weighted by Gasteiger charge is 2.28. The Hall–Kier alpha value is -4.44. The van der Waals surface area contributed by atoms with Crippen LogP contribution in [0.4, 0.5) is 23.0 Å². The van der Waals surface area contributed by atoms with Crippen molar-refractivity contribution in [1.29, 1.82) is 0 Å². The average Bonchev–Trinajstić information content (AvgIpc) is 3.52. The van der Waals surface area contributed by atoms with Crippen LogP contribution in [0.3, 0.4) is 0 Å². The van der Waals surface area contributed by atoms with E-state index in [2.05, 4.69) is 51.1 Å². The predicted octanol–water partition coefficient (Wildman–Crippen LogP) is 4.44. The molecule has 0 aliphatic carbocycles. The Labute approximate surface area is 228 Å². The SMILES string of the molecule is C=CC(=O)Nc1cc(Nc2nccc(-c3cn(C)c4cccnc34)n2)c(OC)cc1N1CCC[C@H]1CN(C)C. The third-order valence-corrected chi connectivity index (χ3v) is 6.95. The molecule has 5 rings (SSSR count). The summed E-state index contributed by atoms with van der Waals surface area (Å²) in [5.41, 5.74) is 5.78. The smallest absolute Gasteiger partial charge is 0.247 e. The minimum absolute atomic E-state index is 0.280. The number of hydrogen-bond donors (Lipinski definition) is 2. The molecule has 1 aliphatic rings. The lowest BCUT2D eigenvalue weighted by Gasteiger charge is -2.31. The Kier molecular flexibility index (Phi) is 7.47. The summed E-state index contributed by atoms with van der Waals surface area (Å²) in [5.74, 6) is 0.745. The molecule has 1 aliphatic heterocycles. The summed E-state index contributed by atoms with van der Waals surface area (Å²) >= 11 is 0. The first-order chi connectivity index (χ1) is 18.9. The molecule has 0 radical (unpaired) electrons. The Bertz CT molecular complexity index is 1510. The molecule has 1 fully saturated rings. The van der Waals surface area contributed by atoms with Crippen molar-refractivity contribution < 1.29 is 9.53 Å². The lowest BCUT2D eigenvalue weighted by atomic mass is 10.1. The number of methoxy groups -OCH3 is 1. The van der Waals surface area contributed by atoms with Gasteiger partial charge in [0.05, 0.1) is 40.9 Å². The van der Waals surface area contributed by atoms with Gasteiger partial charge in [0.1, 0.15) is 5.75 Å². The third kappa shape index (κ3) is 5.42. The van der Waals surface area contributed by atoms with Crippen molar-refractivity contribution in [2.75, 3.05) is 49.8 Å². The van der Waals surface area contributed by atoms with Crippen molar-refractivity contribution in [2.45, 2.75) is 18.9 Å². The highest BCUT2D eigenvalue weighted by Crippen LogP contribution is 2.41. The maximum atomic E-state index is 12.4. The number of aromatic nitrogens is 4. The monoisotopic (exact) mass is 526 g/mol. The fourth-order valence-corrected chi connectivity index (χ4v) is 5.21. The molecule has 0 saturated carbocycles. The average molecular weight is 527 g/mol. The standard InChI is InChI=1S/C29H34N8O2/c1-6-27(38)32-22-15-23(26(39-5)16-25(22)37-14-8-9-19(37)17-35(2)3)34-29-31-13-11-21(33-29)20-18-36(4)24-10-7-12-30-28(20)24/h6-7,10-13,15-16,18-19H,1,8-9,14,17H2,2-5H3,(H,32,38)(H,31,33,34)/t19-/m0/s1. The summed E-state index contributed by atoms with van der Waals surface area (Å²) in [6.45, 7) is 5.44. The number of fused-ring (bicyclic) bond motifs is 1. The molecule has 10 heteroatoms. The Morgan fingerprint density at radius 1 is 1.23 bits per heavy atom. The second kappa shape index (κ2) is 11.1. The summed E-state index contributed by atoms with van der Waals surface area (Å²) in [6, 6.07) is 9.98. The van der Waals surface area contributed by atoms with E-state index in [1.807, 2.05) is 48.1 Å². The van der Waals surface area contributed by atoms with Crippen LogP contribution in [0.2, 0.25) is 0 Å². The molecule has 1 atom stereocenters. The molecule has 4 heterocycles. The summed E-state index contributed by atoms with van der Waals surface area (Å²) in [6.07, 6.45) is 8.94. The van der Waals surface area contributed by atoms with E-state index in [1.54, 1.807) is 19.5 Å². The van der Waals surface area contributed by atoms with Gasteiger partial charge in [-0.25, -0.2) is 9.97 Å². The second-order valence-corrected chi connectivity index (χ2v) is 9.93. The molecular formula is C29H34N8O2. The van der Waals surface area contributed by atoms with Gasteiger partial charge in [0.15, 0.2) is 0 Å². The van der Waals surface area contributed by atoms with Gasteiger partial charge < -0.3 is 29.7 Å². The summed E-state index contributed by atoms with van der Waals surface area (Å²) in [7, 11) is 7.77. The quantitative estimate of drug-likeness (QED) is 0.309. The highest BCUT2D eigenvalue weighted by atomic mass is 16.5. The van der Waals surface area contributed by atoms with Crippen molar-refractivity contribution in [3.63, 3.8) is 0 Å². The maximum Gasteiger partial charge on any atom is 0.247 e. The minimum atomic E-state index is -0.280. The minimum Gasteiger partial charge on any atom is -0.494 e. The number of anilines is 4. The number of nitrogens with one attached hydrogen (secondary N) is 2. The first kappa shape index (κ1) is 26.2. The molecule has 2 N–H and O–H groups in total. The van der Waals surface area contributed by atoms with Crippen LogP contribution in [-0.2, 0) is 11.8 Å². The van der Waals surface area contributed by atoms with E-state index in [-0.39, 0.29) is 5.91 Å². The number of carbonyl (C=O) groups is 1. The number of rotatable bonds is 9. The number of nitrogens with zero attached hydrogens (tertiary/aromatic N) is 6. The van der Waals surface area contributed by atoms with Gasteiger partial charge in [-0.2, -0.15) is 0 Å². The maximum absolute atomic E-state index is 12.4. The van der Waals surface area contributed by atoms with Crippen LogP contribution in [0.15, 0.2) is 61.6 Å². The Balaban J connectivity index is 1.52. The predicted molar refractivity (Wildman–Crippen MR) is 156 cm³/mol. The largest absolute Gasteiger partial charge is 0.494 e. The lowest BCUT2D eigenvalue weighted by Crippen LogP contribution is -2.38. The zero-order valence-electron chi connectivity index (χ0n) is 22.8. The molecule has 39 heavy (non-hydrogen) atoms. The van der Waals surface area contributed by atoms with Crippen molar-refractivity contribution in [1.82, 2.24) is 24.4 Å². The fourth-order valence-electron chi connectivity index (χ4n) is 5.21. The first-order valence-electron chi connectivity index (χ1n) is 12.9. The fraction of sp³-hybridized carbons (Fsp3) is 0.310. The number of ether oxygens (including phenoxy) is 1. The van der Waals surface area contributed by atoms with Gasteiger partial charge in [0.25, 0.3) is 0 Å². The molecule has 1 aromatic carbocycles. The molecule has 10 nitrogen and oxygen atoms in total. The van der Waals surface area contributed by atoms with Crippen LogP contribution in [0, 0.1) is 0 Å². The second-order valence-electron chi connectivity index (χ2n) is 9.93. The third-order valence-electron chi connectivity index (χ3n) is 6.95. The lowest BCUT2D eigenvalue weighted by molar-refractivity contribution is -0.111. The number of pyridine rings is 1. The molecular weight excluding hydrogens is 492 g/mol. The van der Waals surface area contributed by atoms with Crippen molar-refractivity contribution in [2.24, 2.45) is 7.05 Å². The van der Waals surface area contributed by atoms with Gasteiger partial charge in [-0.05, 0) is 57.3 Å². The van der Waals surface area contributed by atoms with E-state index < -0.39 is 0 Å². The van der Waals surface area contributed by atoms with Gasteiger partial charge >= 0.3 is 0 Å². The van der Waals surface area contributed by atoms with E-state index in [4.69, 9.17) is 9.72 Å². The van der Waals surface area contributed by atoms with Gasteiger partial charge in [-0.3, -0.25) is 9.78 Å². The van der Waals surface area contributed by atoms with E-state index in [0.29, 0.717) is 29.1 Å². The van der Waals surface area contributed by atoms with Crippen LogP contribution >= 0.6 is 0 Å². The van der Waals surface area contributed by atoms with Crippen molar-refractivity contribution in [3.8, 4) is 17.0 Å². The van der Waals surface area contributed by atoms with Gasteiger partial charge in [0.2, 0.25) is 11.9 Å². The van der Waals surface area contributed by atoms with Gasteiger partial charge in [0, 0.05) is 56.4 Å². The number of benzene rings is 1. The number of carbonyl (C=O) groups excluding carboxylic acids is 1. The molecule has 0 bridgehead atoms. The molecule has 0 spiro atoms. The summed E-state index contributed by atoms with van der Waals surface area (Å²) in [5, 5.41) is 6.29. The first-order valence-corrected chi connectivity index (χ1v) is 12.9. The molecule has 202 valence electrons. The van der Waals surface area contributed by atoms with Crippen LogP contribution < -0.4 is 20.3 Å². The van der Waals surface area contributed by atoms with E-state index in [1.165, 1.54) is 6.08 Å². The zero-order valence-corrected chi connectivity index (χ0v) is 22.8. The van der Waals surface area contributed by atoms with E-state index >= 15 is 0 Å². The van der Waals surface area contributed by atoms with Crippen LogP contribution in [0.25, 0.3) is 22.3 Å². The summed E-state index contributed by atoms with van der Waals surface area (Å²) in [4.78, 5) is 30.7. The van der Waals surface area contributed by atoms with Crippen LogP contribution in [-0.4, -0.2) is 70.7 Å². The van der Waals surface area contributed by atoms with E-state index in [0.717, 1.165) is 53.9 Å². The molecule has 4 aromatic rings. The van der Waals surface area contributed by atoms with E-state index in [9.17, 15) is 4.79 Å². The number of aryl methyl sites for hydroxylation is 1. The van der Waals surface area contributed by atoms with Crippen molar-refractivity contribution in [3.05, 3.63) is 61.6 Å². The molecule has 1 amide bonds. The van der Waals surface area contributed by atoms with Gasteiger partial charge in [-0.1, -0.05) is 6.58 Å². The molecule has 3 aromatic heterocycles. The zero-order chi connectivity index (χ0) is 27.5. The summed E-state index contributed by atoms with van der Waals surface area (Å²) < 4.78 is 7.83. The van der Waals surface area contributed by atoms with Crippen LogP contribution in [0.5, 0.6) is 5.75 Å². The topological polar surface area (TPSA) is 100 Å². The Morgan fingerprint density at radius 2 is 2.08 bits per heavy atom. The van der Waals surface area contributed by atoms with Crippen LogP contribution in [0.1, 0.15) is 12.8 Å². The molecule has 0 unspecified atom stereocenters. The highest BCUT2D eigenvalue weighted by molar-refractivity contribution is 6.02. The molecule has 1 saturated heterocycles. The normalized spacial score (nSPS) is 15.1. The Morgan fingerprint density at radius 3 is 2.85 bits per heavy atom. The number of likely N-dealkylation sites (N-methyl/N-ethyl adjacent to an activating group) is 1. The van der Waals surface area contributed by atoms with Gasteiger partial charge in [-0.15, -0.1) is 0 Å².